The summed E-state index contributed by atoms with van der Waals surface area (Å²) < 4.78 is 10.9. The van der Waals surface area contributed by atoms with Gasteiger partial charge in [-0.1, -0.05) is 12.1 Å². The van der Waals surface area contributed by atoms with Crippen molar-refractivity contribution in [2.24, 2.45) is 0 Å². The molecule has 0 saturated carbocycles. The van der Waals surface area contributed by atoms with Gasteiger partial charge in [-0.2, -0.15) is 0 Å². The number of carbonyl (C=O) groups is 1. The van der Waals surface area contributed by atoms with Crippen molar-refractivity contribution in [3.05, 3.63) is 36.0 Å². The van der Waals surface area contributed by atoms with Gasteiger partial charge in [0, 0.05) is 54.9 Å². The lowest BCUT2D eigenvalue weighted by Crippen LogP contribution is -2.28. The minimum atomic E-state index is -0.205. The van der Waals surface area contributed by atoms with Crippen LogP contribution in [0.25, 0.3) is 10.9 Å². The van der Waals surface area contributed by atoms with Crippen LogP contribution >= 0.6 is 0 Å². The summed E-state index contributed by atoms with van der Waals surface area (Å²) in [6.07, 6.45) is 2.27. The van der Waals surface area contributed by atoms with E-state index in [2.05, 4.69) is 16.4 Å². The van der Waals surface area contributed by atoms with E-state index in [-0.39, 0.29) is 12.1 Å². The maximum atomic E-state index is 12.2. The van der Waals surface area contributed by atoms with Gasteiger partial charge in [0.15, 0.2) is 12.1 Å². The normalized spacial score (nSPS) is 11.4. The Labute approximate surface area is 131 Å². The zero-order valence-corrected chi connectivity index (χ0v) is 13.1. The summed E-state index contributed by atoms with van der Waals surface area (Å²) in [7, 11) is 0. The van der Waals surface area contributed by atoms with E-state index in [0.29, 0.717) is 31.9 Å². The van der Waals surface area contributed by atoms with Crippen LogP contribution < -0.4 is 5.32 Å². The summed E-state index contributed by atoms with van der Waals surface area (Å²) in [6, 6.07) is 8.66. The van der Waals surface area contributed by atoms with E-state index in [0.717, 1.165) is 17.3 Å². The van der Waals surface area contributed by atoms with Gasteiger partial charge in [-0.25, -0.2) is 0 Å². The largest absolute Gasteiger partial charge is 0.361 e. The summed E-state index contributed by atoms with van der Waals surface area (Å²) in [6.45, 7) is 6.11. The Bertz CT molecular complexity index is 588. The van der Waals surface area contributed by atoms with E-state index < -0.39 is 0 Å². The number of hydrogen-bond acceptors (Lipinski definition) is 4. The van der Waals surface area contributed by atoms with Gasteiger partial charge in [0.2, 0.25) is 0 Å². The molecule has 2 N–H and O–H groups in total. The number of aromatic amines is 1. The molecular weight excluding hydrogens is 280 g/mol. The zero-order valence-electron chi connectivity index (χ0n) is 13.1. The molecule has 0 atom stereocenters. The topological polar surface area (TPSA) is 63.3 Å². The van der Waals surface area contributed by atoms with Gasteiger partial charge < -0.3 is 19.8 Å². The fourth-order valence-corrected chi connectivity index (χ4v) is 2.27. The number of hydrogen-bond donors (Lipinski definition) is 2. The van der Waals surface area contributed by atoms with E-state index in [9.17, 15) is 4.79 Å². The number of rotatable bonds is 10. The third-order valence-electron chi connectivity index (χ3n) is 3.34. The molecule has 1 aromatic carbocycles. The molecule has 1 heterocycles. The number of carbonyl (C=O) groups excluding carboxylic acids is 1. The van der Waals surface area contributed by atoms with Crippen LogP contribution in [0.2, 0.25) is 0 Å². The lowest BCUT2D eigenvalue weighted by Gasteiger charge is -2.16. The minimum absolute atomic E-state index is 0.0702. The third kappa shape index (κ3) is 4.66. The molecular formula is C17H23N2O3. The number of benzene rings is 1. The minimum Gasteiger partial charge on any atom is -0.361 e. The number of aromatic nitrogens is 1. The molecule has 5 nitrogen and oxygen atoms in total. The highest BCUT2D eigenvalue weighted by atomic mass is 16.7. The second-order valence-corrected chi connectivity index (χ2v) is 4.92. The number of ketones is 1. The van der Waals surface area contributed by atoms with Crippen molar-refractivity contribution < 1.29 is 14.3 Å². The van der Waals surface area contributed by atoms with Crippen LogP contribution in [0.15, 0.2) is 24.4 Å². The molecule has 0 saturated heterocycles. The van der Waals surface area contributed by atoms with Crippen molar-refractivity contribution in [2.75, 3.05) is 26.3 Å². The highest BCUT2D eigenvalue weighted by Gasteiger charge is 2.09. The molecule has 1 aromatic heterocycles. The summed E-state index contributed by atoms with van der Waals surface area (Å²) in [5, 5.41) is 4.13. The highest BCUT2D eigenvalue weighted by Crippen LogP contribution is 2.13. The van der Waals surface area contributed by atoms with Gasteiger partial charge in [-0.3, -0.25) is 4.79 Å². The van der Waals surface area contributed by atoms with Gasteiger partial charge >= 0.3 is 0 Å². The standard InChI is InChI=1S/C17H23N2O3/c1-3-21-17(22-4-2)8-9-18-12-16(20)14-6-5-13-7-10-19-15(13)11-14/h5-6,10-11,17-19H,3-4,8-9,12H2,1-2H3. The average Bonchev–Trinajstić information content (AvgIpc) is 2.99. The molecule has 2 aromatic rings. The number of nitrogens with one attached hydrogen (secondary N) is 2. The molecule has 0 bridgehead atoms. The smallest absolute Gasteiger partial charge is 0.176 e. The van der Waals surface area contributed by atoms with Crippen molar-refractivity contribution in [1.29, 1.82) is 0 Å². The number of Topliss-reactive ketones (excluding diaryl/α,β-unsaturated/α-hetero) is 1. The van der Waals surface area contributed by atoms with Crippen molar-refractivity contribution >= 4 is 16.7 Å². The second-order valence-electron chi connectivity index (χ2n) is 4.92. The Morgan fingerprint density at radius 2 is 2.09 bits per heavy atom. The summed E-state index contributed by atoms with van der Waals surface area (Å²) in [4.78, 5) is 15.2. The van der Waals surface area contributed by atoms with E-state index in [1.54, 1.807) is 6.20 Å². The first kappa shape index (κ1) is 16.7. The van der Waals surface area contributed by atoms with Gasteiger partial charge in [-0.15, -0.1) is 0 Å². The first-order chi connectivity index (χ1) is 10.7. The van der Waals surface area contributed by atoms with Crippen molar-refractivity contribution in [2.45, 2.75) is 26.6 Å². The molecule has 0 unspecified atom stereocenters. The molecule has 119 valence electrons. The monoisotopic (exact) mass is 303 g/mol. The van der Waals surface area contributed by atoms with Crippen LogP contribution in [0.3, 0.4) is 0 Å². The van der Waals surface area contributed by atoms with Gasteiger partial charge in [0.05, 0.1) is 6.54 Å². The van der Waals surface area contributed by atoms with Crippen molar-refractivity contribution in [3.8, 4) is 0 Å². The molecule has 0 aliphatic rings. The number of fused-ring (bicyclic) bond motifs is 1. The number of ether oxygens (including phenoxy) is 2. The Morgan fingerprint density at radius 1 is 1.32 bits per heavy atom. The quantitative estimate of drug-likeness (QED) is 0.402. The van der Waals surface area contributed by atoms with Crippen LogP contribution in [0, 0.1) is 6.07 Å². The molecule has 0 aliphatic carbocycles. The maximum absolute atomic E-state index is 12.2. The van der Waals surface area contributed by atoms with Gasteiger partial charge in [0.1, 0.15) is 0 Å². The van der Waals surface area contributed by atoms with Crippen LogP contribution in [-0.4, -0.2) is 43.4 Å². The van der Waals surface area contributed by atoms with Crippen LogP contribution in [0.4, 0.5) is 0 Å². The zero-order chi connectivity index (χ0) is 15.8. The molecule has 2 rings (SSSR count). The predicted octanol–water partition coefficient (Wildman–Crippen LogP) is 2.53. The lowest BCUT2D eigenvalue weighted by atomic mass is 10.1. The van der Waals surface area contributed by atoms with E-state index in [4.69, 9.17) is 9.47 Å². The molecule has 1 radical (unpaired) electrons. The maximum Gasteiger partial charge on any atom is 0.176 e. The van der Waals surface area contributed by atoms with Crippen LogP contribution in [0.5, 0.6) is 0 Å². The van der Waals surface area contributed by atoms with E-state index in [1.807, 2.05) is 32.0 Å². The Hall–Kier alpha value is -1.69. The molecule has 0 fully saturated rings. The fraction of sp³-hybridized carbons (Fsp3) is 0.471. The summed E-state index contributed by atoms with van der Waals surface area (Å²) in [5.74, 6) is 0.0702. The Balaban J connectivity index is 1.77. The SMILES string of the molecule is CCOC(CCNCC(=O)c1ccc2[c]c[nH]c2c1)OCC. The van der Waals surface area contributed by atoms with Gasteiger partial charge in [0.25, 0.3) is 0 Å². The predicted molar refractivity (Wildman–Crippen MR) is 86.0 cm³/mol. The van der Waals surface area contributed by atoms with Crippen LogP contribution in [0.1, 0.15) is 30.6 Å². The van der Waals surface area contributed by atoms with Gasteiger partial charge in [-0.05, 0) is 19.9 Å². The molecule has 5 heteroatoms. The van der Waals surface area contributed by atoms with E-state index >= 15 is 0 Å². The fourth-order valence-electron chi connectivity index (χ4n) is 2.27. The van der Waals surface area contributed by atoms with Crippen molar-refractivity contribution in [1.82, 2.24) is 10.3 Å². The second kappa shape index (κ2) is 8.68. The lowest BCUT2D eigenvalue weighted by molar-refractivity contribution is -0.138. The first-order valence-electron chi connectivity index (χ1n) is 7.70. The molecule has 0 amide bonds. The van der Waals surface area contributed by atoms with Crippen LogP contribution in [-0.2, 0) is 9.47 Å². The van der Waals surface area contributed by atoms with Crippen molar-refractivity contribution in [3.63, 3.8) is 0 Å². The number of H-pyrrole nitrogens is 1. The van der Waals surface area contributed by atoms with E-state index in [1.165, 1.54) is 0 Å². The summed E-state index contributed by atoms with van der Waals surface area (Å²) >= 11 is 0. The molecule has 22 heavy (non-hydrogen) atoms. The summed E-state index contributed by atoms with van der Waals surface area (Å²) in [5.41, 5.74) is 1.63. The average molecular weight is 303 g/mol. The Morgan fingerprint density at radius 3 is 2.82 bits per heavy atom. The first-order valence-corrected chi connectivity index (χ1v) is 7.70. The molecule has 0 spiro atoms. The Kier molecular flexibility index (Phi) is 6.58. The molecule has 0 aliphatic heterocycles. The highest BCUT2D eigenvalue weighted by molar-refractivity contribution is 6.00. The third-order valence-corrected chi connectivity index (χ3v) is 3.34.